The van der Waals surface area contributed by atoms with Crippen molar-refractivity contribution in [1.82, 2.24) is 14.9 Å². The molecule has 0 aliphatic carbocycles. The van der Waals surface area contributed by atoms with E-state index in [1.165, 1.54) is 0 Å². The van der Waals surface area contributed by atoms with E-state index in [0.29, 0.717) is 12.5 Å². The van der Waals surface area contributed by atoms with Crippen molar-refractivity contribution < 1.29 is 14.3 Å². The monoisotopic (exact) mass is 348 g/mol. The third kappa shape index (κ3) is 4.27. The van der Waals surface area contributed by atoms with Crippen molar-refractivity contribution in [3.05, 3.63) is 18.5 Å². The molecule has 2 aliphatic rings. The molecule has 0 bridgehead atoms. The predicted molar refractivity (Wildman–Crippen MR) is 94.4 cm³/mol. The van der Waals surface area contributed by atoms with Gasteiger partial charge in [-0.25, -0.2) is 9.97 Å². The first-order valence-corrected chi connectivity index (χ1v) is 8.98. The molecule has 0 saturated carbocycles. The number of anilines is 1. The standard InChI is InChI=1S/C18H28N4O3/c1-21(2)16(23)14-25-13-15-12-24-11-6-18(15)4-9-22(10-5-18)17-19-7-3-8-20-17/h3,7-8,15H,4-6,9-14H2,1-2H3. The lowest BCUT2D eigenvalue weighted by Crippen LogP contribution is -2.50. The molecule has 7 heteroatoms. The molecular formula is C18H28N4O3. The molecule has 2 fully saturated rings. The Kier molecular flexibility index (Phi) is 5.86. The first-order chi connectivity index (χ1) is 12.1. The predicted octanol–water partition coefficient (Wildman–Crippen LogP) is 1.20. The summed E-state index contributed by atoms with van der Waals surface area (Å²) in [6.07, 6.45) is 6.82. The van der Waals surface area contributed by atoms with Crippen LogP contribution in [0, 0.1) is 11.3 Å². The fourth-order valence-corrected chi connectivity index (χ4v) is 3.79. The lowest BCUT2D eigenvalue weighted by atomic mass is 9.66. The van der Waals surface area contributed by atoms with Gasteiger partial charge in [0.1, 0.15) is 6.61 Å². The Morgan fingerprint density at radius 2 is 2.04 bits per heavy atom. The summed E-state index contributed by atoms with van der Waals surface area (Å²) < 4.78 is 11.4. The van der Waals surface area contributed by atoms with Gasteiger partial charge >= 0.3 is 0 Å². The van der Waals surface area contributed by atoms with Crippen molar-refractivity contribution in [2.75, 3.05) is 58.5 Å². The molecule has 7 nitrogen and oxygen atoms in total. The van der Waals surface area contributed by atoms with E-state index in [4.69, 9.17) is 9.47 Å². The maximum Gasteiger partial charge on any atom is 0.248 e. The zero-order chi connectivity index (χ0) is 17.7. The minimum atomic E-state index is 0.00169. The van der Waals surface area contributed by atoms with Crippen LogP contribution < -0.4 is 4.90 Å². The van der Waals surface area contributed by atoms with Crippen LogP contribution in [0.15, 0.2) is 18.5 Å². The van der Waals surface area contributed by atoms with Gasteiger partial charge in [0.2, 0.25) is 11.9 Å². The van der Waals surface area contributed by atoms with Crippen LogP contribution >= 0.6 is 0 Å². The molecule has 25 heavy (non-hydrogen) atoms. The summed E-state index contributed by atoms with van der Waals surface area (Å²) in [5, 5.41) is 0. The number of aromatic nitrogens is 2. The van der Waals surface area contributed by atoms with Crippen LogP contribution in [0.3, 0.4) is 0 Å². The molecule has 1 atom stereocenters. The second-order valence-corrected chi connectivity index (χ2v) is 7.22. The Hall–Kier alpha value is -1.73. The van der Waals surface area contributed by atoms with E-state index in [1.54, 1.807) is 31.4 Å². The molecule has 0 N–H and O–H groups in total. The van der Waals surface area contributed by atoms with Gasteiger partial charge in [-0.15, -0.1) is 0 Å². The Balaban J connectivity index is 1.56. The molecule has 1 amide bonds. The number of carbonyl (C=O) groups excluding carboxylic acids is 1. The highest BCUT2D eigenvalue weighted by Crippen LogP contribution is 2.45. The Morgan fingerprint density at radius 1 is 1.32 bits per heavy atom. The van der Waals surface area contributed by atoms with Crippen LogP contribution in [0.2, 0.25) is 0 Å². The van der Waals surface area contributed by atoms with E-state index in [9.17, 15) is 4.79 Å². The summed E-state index contributed by atoms with van der Waals surface area (Å²) in [5.74, 6) is 1.16. The number of nitrogens with zero attached hydrogens (tertiary/aromatic N) is 4. The summed E-state index contributed by atoms with van der Waals surface area (Å²) in [5.41, 5.74) is 0.241. The van der Waals surface area contributed by atoms with Gasteiger partial charge in [0.25, 0.3) is 0 Å². The van der Waals surface area contributed by atoms with Crippen molar-refractivity contribution in [3.63, 3.8) is 0 Å². The lowest BCUT2D eigenvalue weighted by molar-refractivity contribution is -0.137. The van der Waals surface area contributed by atoms with Gasteiger partial charge in [-0.05, 0) is 30.7 Å². The lowest BCUT2D eigenvalue weighted by Gasteiger charge is -2.49. The van der Waals surface area contributed by atoms with Crippen molar-refractivity contribution in [2.24, 2.45) is 11.3 Å². The molecule has 1 unspecified atom stereocenters. The minimum absolute atomic E-state index is 0.00169. The Labute approximate surface area is 149 Å². The van der Waals surface area contributed by atoms with E-state index >= 15 is 0 Å². The molecule has 2 aliphatic heterocycles. The number of amides is 1. The van der Waals surface area contributed by atoms with Crippen LogP contribution in [-0.2, 0) is 14.3 Å². The first kappa shape index (κ1) is 18.1. The van der Waals surface area contributed by atoms with E-state index in [1.807, 2.05) is 6.07 Å². The number of rotatable bonds is 5. The molecule has 0 aromatic carbocycles. The fraction of sp³-hybridized carbons (Fsp3) is 0.722. The van der Waals surface area contributed by atoms with Gasteiger partial charge in [0, 0.05) is 52.1 Å². The SMILES string of the molecule is CN(C)C(=O)COCC1COCCC12CCN(c1ncccn1)CC2. The highest BCUT2D eigenvalue weighted by atomic mass is 16.5. The summed E-state index contributed by atoms with van der Waals surface area (Å²) in [6, 6.07) is 1.84. The van der Waals surface area contributed by atoms with Crippen molar-refractivity contribution >= 4 is 11.9 Å². The van der Waals surface area contributed by atoms with Crippen LogP contribution in [0.25, 0.3) is 0 Å². The maximum absolute atomic E-state index is 11.7. The van der Waals surface area contributed by atoms with Crippen molar-refractivity contribution in [2.45, 2.75) is 19.3 Å². The second-order valence-electron chi connectivity index (χ2n) is 7.22. The molecular weight excluding hydrogens is 320 g/mol. The largest absolute Gasteiger partial charge is 0.381 e. The van der Waals surface area contributed by atoms with Gasteiger partial charge in [-0.3, -0.25) is 4.79 Å². The Morgan fingerprint density at radius 3 is 2.72 bits per heavy atom. The van der Waals surface area contributed by atoms with Gasteiger partial charge < -0.3 is 19.3 Å². The van der Waals surface area contributed by atoms with E-state index in [-0.39, 0.29) is 17.9 Å². The van der Waals surface area contributed by atoms with E-state index < -0.39 is 0 Å². The smallest absolute Gasteiger partial charge is 0.248 e. The first-order valence-electron chi connectivity index (χ1n) is 8.98. The maximum atomic E-state index is 11.7. The normalized spacial score (nSPS) is 22.8. The highest BCUT2D eigenvalue weighted by Gasteiger charge is 2.43. The van der Waals surface area contributed by atoms with Gasteiger partial charge in [-0.2, -0.15) is 0 Å². The van der Waals surface area contributed by atoms with Gasteiger partial charge in [-0.1, -0.05) is 0 Å². The zero-order valence-corrected chi connectivity index (χ0v) is 15.2. The minimum Gasteiger partial charge on any atom is -0.381 e. The van der Waals surface area contributed by atoms with E-state index in [2.05, 4.69) is 14.9 Å². The van der Waals surface area contributed by atoms with Crippen LogP contribution in [0.4, 0.5) is 5.95 Å². The Bertz CT molecular complexity index is 559. The zero-order valence-electron chi connectivity index (χ0n) is 15.2. The topological polar surface area (TPSA) is 67.8 Å². The van der Waals surface area contributed by atoms with Crippen LogP contribution in [-0.4, -0.2) is 74.4 Å². The van der Waals surface area contributed by atoms with Crippen molar-refractivity contribution in [3.8, 4) is 0 Å². The summed E-state index contributed by atoms with van der Waals surface area (Å²) in [6.45, 7) is 4.17. The summed E-state index contributed by atoms with van der Waals surface area (Å²) in [4.78, 5) is 24.2. The second kappa shape index (κ2) is 8.10. The number of hydrogen-bond donors (Lipinski definition) is 0. The number of piperidine rings is 1. The molecule has 1 aromatic heterocycles. The molecule has 2 saturated heterocycles. The van der Waals surface area contributed by atoms with Crippen molar-refractivity contribution in [1.29, 1.82) is 0 Å². The number of carbonyl (C=O) groups is 1. The van der Waals surface area contributed by atoms with Gasteiger partial charge in [0.15, 0.2) is 0 Å². The summed E-state index contributed by atoms with van der Waals surface area (Å²) >= 11 is 0. The molecule has 138 valence electrons. The third-order valence-corrected chi connectivity index (χ3v) is 5.57. The molecule has 3 heterocycles. The quantitative estimate of drug-likeness (QED) is 0.797. The molecule has 1 aromatic rings. The number of likely N-dealkylation sites (N-methyl/N-ethyl adjacent to an activating group) is 1. The molecule has 0 radical (unpaired) electrons. The highest BCUT2D eigenvalue weighted by molar-refractivity contribution is 5.76. The van der Waals surface area contributed by atoms with E-state index in [0.717, 1.165) is 51.5 Å². The van der Waals surface area contributed by atoms with Crippen LogP contribution in [0.1, 0.15) is 19.3 Å². The molecule has 1 spiro atoms. The number of ether oxygens (including phenoxy) is 2. The molecule has 3 rings (SSSR count). The number of hydrogen-bond acceptors (Lipinski definition) is 6. The third-order valence-electron chi connectivity index (χ3n) is 5.57. The summed E-state index contributed by atoms with van der Waals surface area (Å²) in [7, 11) is 3.50. The fourth-order valence-electron chi connectivity index (χ4n) is 3.79. The average Bonchev–Trinajstić information content (AvgIpc) is 2.64. The van der Waals surface area contributed by atoms with Crippen LogP contribution in [0.5, 0.6) is 0 Å². The van der Waals surface area contributed by atoms with Gasteiger partial charge in [0.05, 0.1) is 13.2 Å². The average molecular weight is 348 g/mol.